The second kappa shape index (κ2) is 19.7. The largest absolute Gasteiger partial charge is 0.355 e. The molecule has 0 heterocycles. The number of benzene rings is 5. The summed E-state index contributed by atoms with van der Waals surface area (Å²) in [6.07, 6.45) is 0.891. The highest BCUT2D eigenvalue weighted by atomic mass is 16.2. The first kappa shape index (κ1) is 40.8. The molecule has 11 heteroatoms. The van der Waals surface area contributed by atoms with E-state index < -0.39 is 0 Å². The fourth-order valence-electron chi connectivity index (χ4n) is 5.31. The van der Waals surface area contributed by atoms with Crippen molar-refractivity contribution in [3.63, 3.8) is 0 Å². The van der Waals surface area contributed by atoms with Crippen LogP contribution in [0.3, 0.4) is 0 Å². The summed E-state index contributed by atoms with van der Waals surface area (Å²) in [6.45, 7) is 3.24. The highest BCUT2D eigenvalue weighted by molar-refractivity contribution is 6.05. The van der Waals surface area contributed by atoms with Gasteiger partial charge in [0, 0.05) is 85.0 Å². The highest BCUT2D eigenvalue weighted by Gasteiger charge is 2.12. The van der Waals surface area contributed by atoms with Crippen LogP contribution in [0.2, 0.25) is 0 Å². The molecule has 0 aliphatic carbocycles. The standard InChI is InChI=1S/C26H24N2O4.C18H18N2O3/c1-3-23(29)18-6-12-21(13-7-18)26(32)28-22-14-4-17(5-15-22)16-24(30)19-8-10-20(11-9-19)25(31)27-2;1-12(21)20-16-9-3-13(4-10-16)11-17(22)14-5-7-15(8-6-14)18(23)19-2/h4-15H,3,16H2,1-2H3,(H,27,31)(H,28,32);3-10H,11H2,1-2H3,(H,19,23)(H,20,21). The van der Waals surface area contributed by atoms with Crippen LogP contribution in [-0.4, -0.2) is 55.1 Å². The van der Waals surface area contributed by atoms with Gasteiger partial charge in [0.05, 0.1) is 0 Å². The Labute approximate surface area is 319 Å². The molecule has 4 amide bonds. The van der Waals surface area contributed by atoms with Gasteiger partial charge in [-0.05, 0) is 71.8 Å². The van der Waals surface area contributed by atoms with E-state index >= 15 is 0 Å². The van der Waals surface area contributed by atoms with Crippen molar-refractivity contribution in [2.75, 3.05) is 24.7 Å². The zero-order chi connectivity index (χ0) is 39.9. The molecule has 11 nitrogen and oxygen atoms in total. The molecule has 4 N–H and O–H groups in total. The lowest BCUT2D eigenvalue weighted by molar-refractivity contribution is -0.114. The lowest BCUT2D eigenvalue weighted by Crippen LogP contribution is -2.17. The van der Waals surface area contributed by atoms with Crippen LogP contribution in [-0.2, 0) is 17.6 Å². The summed E-state index contributed by atoms with van der Waals surface area (Å²) in [5.74, 6) is -0.854. The first-order valence-electron chi connectivity index (χ1n) is 17.5. The third-order valence-corrected chi connectivity index (χ3v) is 8.40. The van der Waals surface area contributed by atoms with Gasteiger partial charge in [0.2, 0.25) is 5.91 Å². The van der Waals surface area contributed by atoms with Crippen LogP contribution in [0.5, 0.6) is 0 Å². The van der Waals surface area contributed by atoms with Crippen molar-refractivity contribution in [1.29, 1.82) is 0 Å². The van der Waals surface area contributed by atoms with Crippen LogP contribution < -0.4 is 21.3 Å². The molecule has 0 aromatic heterocycles. The van der Waals surface area contributed by atoms with E-state index in [4.69, 9.17) is 0 Å². The van der Waals surface area contributed by atoms with Gasteiger partial charge in [0.25, 0.3) is 17.7 Å². The van der Waals surface area contributed by atoms with Crippen molar-refractivity contribution < 1.29 is 33.6 Å². The fraction of sp³-hybridized carbons (Fsp3) is 0.159. The second-order valence-electron chi connectivity index (χ2n) is 12.4. The van der Waals surface area contributed by atoms with E-state index in [-0.39, 0.29) is 53.8 Å². The molecule has 0 spiro atoms. The van der Waals surface area contributed by atoms with Gasteiger partial charge < -0.3 is 21.3 Å². The maximum absolute atomic E-state index is 12.5. The summed E-state index contributed by atoms with van der Waals surface area (Å²) in [6, 6.07) is 33.8. The fourth-order valence-corrected chi connectivity index (χ4v) is 5.31. The lowest BCUT2D eigenvalue weighted by Gasteiger charge is -2.08. The van der Waals surface area contributed by atoms with Crippen molar-refractivity contribution in [3.05, 3.63) is 166 Å². The van der Waals surface area contributed by atoms with Gasteiger partial charge in [-0.15, -0.1) is 0 Å². The Morgan fingerprint density at radius 3 is 1.04 bits per heavy atom. The average Bonchev–Trinajstić information content (AvgIpc) is 3.21. The molecule has 280 valence electrons. The predicted molar refractivity (Wildman–Crippen MR) is 212 cm³/mol. The number of hydrogen-bond acceptors (Lipinski definition) is 7. The van der Waals surface area contributed by atoms with Crippen molar-refractivity contribution in [2.45, 2.75) is 33.1 Å². The molecule has 0 radical (unpaired) electrons. The summed E-state index contributed by atoms with van der Waals surface area (Å²) in [7, 11) is 3.12. The molecule has 55 heavy (non-hydrogen) atoms. The van der Waals surface area contributed by atoms with E-state index in [1.807, 2.05) is 12.1 Å². The smallest absolute Gasteiger partial charge is 0.255 e. The van der Waals surface area contributed by atoms with Crippen LogP contribution in [0.15, 0.2) is 121 Å². The zero-order valence-corrected chi connectivity index (χ0v) is 31.0. The maximum atomic E-state index is 12.5. The van der Waals surface area contributed by atoms with Gasteiger partial charge in [0.15, 0.2) is 17.3 Å². The second-order valence-corrected chi connectivity index (χ2v) is 12.4. The van der Waals surface area contributed by atoms with Crippen LogP contribution in [0.25, 0.3) is 0 Å². The Morgan fingerprint density at radius 1 is 0.400 bits per heavy atom. The number of ketones is 3. The number of Topliss-reactive ketones (excluding diaryl/α,β-unsaturated/α-hetero) is 3. The molecule has 0 bridgehead atoms. The minimum atomic E-state index is -0.277. The van der Waals surface area contributed by atoms with E-state index in [9.17, 15) is 33.6 Å². The quantitative estimate of drug-likeness (QED) is 0.0970. The molecule has 0 aliphatic rings. The molecular weight excluding hydrogens is 697 g/mol. The summed E-state index contributed by atoms with van der Waals surface area (Å²) in [5, 5.41) is 10.6. The molecule has 0 aliphatic heterocycles. The molecule has 0 unspecified atom stereocenters. The summed E-state index contributed by atoms with van der Waals surface area (Å²) in [4.78, 5) is 82.9. The van der Waals surface area contributed by atoms with Crippen LogP contribution >= 0.6 is 0 Å². The lowest BCUT2D eigenvalue weighted by atomic mass is 10.0. The Hall–Kier alpha value is -7.01. The number of rotatable bonds is 13. The van der Waals surface area contributed by atoms with E-state index in [0.717, 1.165) is 11.1 Å². The van der Waals surface area contributed by atoms with E-state index in [1.54, 1.807) is 130 Å². The number of amides is 4. The Balaban J connectivity index is 0.000000258. The Morgan fingerprint density at radius 2 is 0.709 bits per heavy atom. The van der Waals surface area contributed by atoms with E-state index in [1.165, 1.54) is 6.92 Å². The first-order chi connectivity index (χ1) is 26.4. The van der Waals surface area contributed by atoms with Crippen LogP contribution in [0.1, 0.15) is 93.5 Å². The van der Waals surface area contributed by atoms with Gasteiger partial charge in [-0.2, -0.15) is 0 Å². The monoisotopic (exact) mass is 738 g/mol. The topological polar surface area (TPSA) is 168 Å². The molecular formula is C44H42N4O7. The molecule has 0 saturated heterocycles. The molecule has 5 rings (SSSR count). The average molecular weight is 739 g/mol. The van der Waals surface area contributed by atoms with Gasteiger partial charge in [-0.3, -0.25) is 33.6 Å². The summed E-state index contributed by atoms with van der Waals surface area (Å²) in [5.41, 5.74) is 6.12. The first-order valence-corrected chi connectivity index (χ1v) is 17.5. The Kier molecular flexibility index (Phi) is 14.6. The normalized spacial score (nSPS) is 10.2. The molecule has 5 aromatic carbocycles. The molecule has 0 fully saturated rings. The predicted octanol–water partition coefficient (Wildman–Crippen LogP) is 6.75. The number of nitrogens with one attached hydrogen (secondary N) is 4. The van der Waals surface area contributed by atoms with Gasteiger partial charge >= 0.3 is 0 Å². The van der Waals surface area contributed by atoms with Crippen molar-refractivity contribution >= 4 is 52.4 Å². The number of carbonyl (C=O) groups excluding carboxylic acids is 7. The van der Waals surface area contributed by atoms with Crippen LogP contribution in [0, 0.1) is 0 Å². The minimum absolute atomic E-state index is 0.0271. The summed E-state index contributed by atoms with van der Waals surface area (Å²) < 4.78 is 0. The number of anilines is 2. The van der Waals surface area contributed by atoms with Crippen LogP contribution in [0.4, 0.5) is 11.4 Å². The molecule has 0 saturated carbocycles. The summed E-state index contributed by atoms with van der Waals surface area (Å²) >= 11 is 0. The minimum Gasteiger partial charge on any atom is -0.355 e. The highest BCUT2D eigenvalue weighted by Crippen LogP contribution is 2.16. The van der Waals surface area contributed by atoms with Crippen molar-refractivity contribution in [3.8, 4) is 0 Å². The SMILES string of the molecule is CCC(=O)c1ccc(C(=O)Nc2ccc(CC(=O)c3ccc(C(=O)NC)cc3)cc2)cc1.CNC(=O)c1ccc(C(=O)Cc2ccc(NC(C)=O)cc2)cc1. The van der Waals surface area contributed by atoms with Gasteiger partial charge in [-0.1, -0.05) is 67.6 Å². The molecule has 5 aromatic rings. The number of hydrogen-bond donors (Lipinski definition) is 4. The van der Waals surface area contributed by atoms with Crippen molar-refractivity contribution in [1.82, 2.24) is 10.6 Å². The Bertz CT molecular complexity index is 2070. The van der Waals surface area contributed by atoms with Gasteiger partial charge in [-0.25, -0.2) is 0 Å². The third kappa shape index (κ3) is 12.0. The molecule has 0 atom stereocenters. The van der Waals surface area contributed by atoms with E-state index in [0.29, 0.717) is 51.2 Å². The third-order valence-electron chi connectivity index (χ3n) is 8.40. The van der Waals surface area contributed by atoms with Crippen molar-refractivity contribution in [2.24, 2.45) is 0 Å². The zero-order valence-electron chi connectivity index (χ0n) is 31.0. The van der Waals surface area contributed by atoms with E-state index in [2.05, 4.69) is 21.3 Å². The van der Waals surface area contributed by atoms with Gasteiger partial charge in [0.1, 0.15) is 0 Å². The maximum Gasteiger partial charge on any atom is 0.255 e. The number of carbonyl (C=O) groups is 7.